The summed E-state index contributed by atoms with van der Waals surface area (Å²) in [5.74, 6) is -0.847. The van der Waals surface area contributed by atoms with E-state index in [1.165, 1.54) is 0 Å². The van der Waals surface area contributed by atoms with Gasteiger partial charge in [-0.15, -0.1) is 0 Å². The number of likely N-dealkylation sites (tertiary alicyclic amines) is 1. The Kier molecular flexibility index (Phi) is 6.09. The molecule has 2 aromatic carbocycles. The van der Waals surface area contributed by atoms with Crippen LogP contribution in [0.15, 0.2) is 54.6 Å². The molecule has 1 heterocycles. The molecule has 0 unspecified atom stereocenters. The summed E-state index contributed by atoms with van der Waals surface area (Å²) in [5.41, 5.74) is 1.98. The van der Waals surface area contributed by atoms with Crippen LogP contribution in [0.1, 0.15) is 41.7 Å². The number of anilines is 1. The van der Waals surface area contributed by atoms with Gasteiger partial charge in [-0.1, -0.05) is 30.3 Å². The minimum atomic E-state index is -0.392. The van der Waals surface area contributed by atoms with Gasteiger partial charge in [-0.3, -0.25) is 9.59 Å². The fraction of sp³-hybridized carbons (Fsp3) is 0.318. The zero-order valence-electron chi connectivity index (χ0n) is 16.1. The fourth-order valence-corrected chi connectivity index (χ4v) is 3.56. The van der Waals surface area contributed by atoms with Gasteiger partial charge in [-0.05, 0) is 43.2 Å². The van der Waals surface area contributed by atoms with Crippen molar-refractivity contribution in [1.82, 2.24) is 4.90 Å². The summed E-state index contributed by atoms with van der Waals surface area (Å²) in [7, 11) is 1.74. The van der Waals surface area contributed by atoms with Crippen LogP contribution in [0, 0.1) is 5.92 Å². The van der Waals surface area contributed by atoms with Crippen LogP contribution in [0.3, 0.4) is 0 Å². The number of rotatable bonds is 5. The van der Waals surface area contributed by atoms with E-state index in [9.17, 15) is 14.4 Å². The van der Waals surface area contributed by atoms with Gasteiger partial charge in [0.2, 0.25) is 11.8 Å². The second-order valence-electron chi connectivity index (χ2n) is 6.79. The van der Waals surface area contributed by atoms with Crippen LogP contribution in [0.2, 0.25) is 0 Å². The molecule has 0 bridgehead atoms. The van der Waals surface area contributed by atoms with E-state index in [0.717, 1.165) is 5.56 Å². The molecule has 28 heavy (non-hydrogen) atoms. The average molecular weight is 380 g/mol. The molecule has 0 saturated carbocycles. The van der Waals surface area contributed by atoms with E-state index < -0.39 is 5.97 Å². The number of ether oxygens (including phenoxy) is 1. The van der Waals surface area contributed by atoms with Crippen LogP contribution in [-0.4, -0.2) is 36.3 Å². The Morgan fingerprint density at radius 1 is 1.11 bits per heavy atom. The van der Waals surface area contributed by atoms with Gasteiger partial charge >= 0.3 is 5.97 Å². The molecule has 0 aliphatic carbocycles. The number of amides is 2. The van der Waals surface area contributed by atoms with Crippen molar-refractivity contribution in [2.45, 2.75) is 25.8 Å². The van der Waals surface area contributed by atoms with Crippen molar-refractivity contribution in [3.63, 3.8) is 0 Å². The first-order chi connectivity index (χ1) is 13.5. The summed E-state index contributed by atoms with van der Waals surface area (Å²) in [5, 5.41) is 2.92. The van der Waals surface area contributed by atoms with Crippen LogP contribution in [-0.2, 0) is 14.3 Å². The predicted octanol–water partition coefficient (Wildman–Crippen LogP) is 3.41. The topological polar surface area (TPSA) is 75.7 Å². The van der Waals surface area contributed by atoms with Crippen LogP contribution >= 0.6 is 0 Å². The lowest BCUT2D eigenvalue weighted by atomic mass is 9.84. The molecule has 2 atom stereocenters. The third-order valence-electron chi connectivity index (χ3n) is 5.00. The Morgan fingerprint density at radius 2 is 1.79 bits per heavy atom. The SMILES string of the molecule is CCOC(=O)c1ccc(NC(=O)[C@H]2CCC(=O)N(C)[C@H]2c2ccccc2)cc1. The highest BCUT2D eigenvalue weighted by Gasteiger charge is 2.38. The molecular weight excluding hydrogens is 356 g/mol. The van der Waals surface area contributed by atoms with Gasteiger partial charge in [-0.25, -0.2) is 4.79 Å². The summed E-state index contributed by atoms with van der Waals surface area (Å²) in [6.45, 7) is 2.06. The lowest BCUT2D eigenvalue weighted by Crippen LogP contribution is -2.44. The highest BCUT2D eigenvalue weighted by molar-refractivity contribution is 5.95. The quantitative estimate of drug-likeness (QED) is 0.807. The largest absolute Gasteiger partial charge is 0.462 e. The van der Waals surface area contributed by atoms with Gasteiger partial charge in [0, 0.05) is 19.2 Å². The molecule has 1 fully saturated rings. The first kappa shape index (κ1) is 19.6. The van der Waals surface area contributed by atoms with Gasteiger partial charge in [0.25, 0.3) is 0 Å². The predicted molar refractivity (Wildman–Crippen MR) is 106 cm³/mol. The molecule has 3 rings (SSSR count). The van der Waals surface area contributed by atoms with E-state index in [0.29, 0.717) is 30.7 Å². The number of carbonyl (C=O) groups is 3. The third kappa shape index (κ3) is 4.22. The highest BCUT2D eigenvalue weighted by Crippen LogP contribution is 2.36. The Balaban J connectivity index is 1.76. The molecule has 1 saturated heterocycles. The van der Waals surface area contributed by atoms with Crippen LogP contribution in [0.4, 0.5) is 5.69 Å². The number of hydrogen-bond acceptors (Lipinski definition) is 4. The maximum absolute atomic E-state index is 13.0. The molecule has 1 aliphatic rings. The number of carbonyl (C=O) groups excluding carboxylic acids is 3. The standard InChI is InChI=1S/C22H24N2O4/c1-3-28-22(27)16-9-11-17(12-10-16)23-21(26)18-13-14-19(25)24(2)20(18)15-7-5-4-6-8-15/h4-12,18,20H,3,13-14H2,1-2H3,(H,23,26)/t18-,20-/m0/s1. The van der Waals surface area contributed by atoms with Crippen LogP contribution < -0.4 is 5.32 Å². The monoisotopic (exact) mass is 380 g/mol. The summed E-state index contributed by atoms with van der Waals surface area (Å²) in [6.07, 6.45) is 0.842. The van der Waals surface area contributed by atoms with Crippen molar-refractivity contribution in [1.29, 1.82) is 0 Å². The maximum Gasteiger partial charge on any atom is 0.338 e. The zero-order valence-corrected chi connectivity index (χ0v) is 16.1. The second kappa shape index (κ2) is 8.69. The third-order valence-corrected chi connectivity index (χ3v) is 5.00. The number of benzene rings is 2. The number of nitrogens with one attached hydrogen (secondary N) is 1. The lowest BCUT2D eigenvalue weighted by Gasteiger charge is -2.38. The first-order valence-electron chi connectivity index (χ1n) is 9.40. The molecule has 2 aromatic rings. The molecule has 146 valence electrons. The smallest absolute Gasteiger partial charge is 0.338 e. The molecule has 6 heteroatoms. The second-order valence-corrected chi connectivity index (χ2v) is 6.79. The Hall–Kier alpha value is -3.15. The molecule has 1 N–H and O–H groups in total. The Morgan fingerprint density at radius 3 is 2.43 bits per heavy atom. The van der Waals surface area contributed by atoms with Gasteiger partial charge in [0.15, 0.2) is 0 Å². The van der Waals surface area contributed by atoms with Crippen LogP contribution in [0.5, 0.6) is 0 Å². The molecule has 6 nitrogen and oxygen atoms in total. The Bertz CT molecular complexity index is 849. The van der Waals surface area contributed by atoms with E-state index in [2.05, 4.69) is 5.32 Å². The number of piperidine rings is 1. The fourth-order valence-electron chi connectivity index (χ4n) is 3.56. The van der Waals surface area contributed by atoms with Gasteiger partial charge < -0.3 is 15.0 Å². The maximum atomic E-state index is 13.0. The van der Waals surface area contributed by atoms with Gasteiger partial charge in [0.1, 0.15) is 0 Å². The van der Waals surface area contributed by atoms with Crippen molar-refractivity contribution in [2.75, 3.05) is 19.0 Å². The average Bonchev–Trinajstić information content (AvgIpc) is 2.71. The zero-order chi connectivity index (χ0) is 20.1. The minimum Gasteiger partial charge on any atom is -0.462 e. The normalized spacial score (nSPS) is 19.2. The van der Waals surface area contributed by atoms with E-state index >= 15 is 0 Å². The molecule has 0 spiro atoms. The summed E-state index contributed by atoms with van der Waals surface area (Å²) < 4.78 is 4.97. The van der Waals surface area contributed by atoms with Crippen molar-refractivity contribution in [3.05, 3.63) is 65.7 Å². The van der Waals surface area contributed by atoms with E-state index in [-0.39, 0.29) is 23.8 Å². The van der Waals surface area contributed by atoms with Crippen molar-refractivity contribution >= 4 is 23.5 Å². The van der Waals surface area contributed by atoms with Crippen molar-refractivity contribution < 1.29 is 19.1 Å². The molecular formula is C22H24N2O4. The van der Waals surface area contributed by atoms with Crippen molar-refractivity contribution in [3.8, 4) is 0 Å². The summed E-state index contributed by atoms with van der Waals surface area (Å²) in [4.78, 5) is 38.6. The molecule has 0 radical (unpaired) electrons. The highest BCUT2D eigenvalue weighted by atomic mass is 16.5. The van der Waals surface area contributed by atoms with E-state index in [1.807, 2.05) is 30.3 Å². The number of esters is 1. The summed E-state index contributed by atoms with van der Waals surface area (Å²) >= 11 is 0. The summed E-state index contributed by atoms with van der Waals surface area (Å²) in [6, 6.07) is 15.9. The lowest BCUT2D eigenvalue weighted by molar-refractivity contribution is -0.140. The Labute approximate surface area is 164 Å². The van der Waals surface area contributed by atoms with Crippen molar-refractivity contribution in [2.24, 2.45) is 5.92 Å². The molecule has 0 aromatic heterocycles. The number of hydrogen-bond donors (Lipinski definition) is 1. The van der Waals surface area contributed by atoms with Crippen LogP contribution in [0.25, 0.3) is 0 Å². The van der Waals surface area contributed by atoms with E-state index in [1.54, 1.807) is 43.1 Å². The van der Waals surface area contributed by atoms with Gasteiger partial charge in [-0.2, -0.15) is 0 Å². The minimum absolute atomic E-state index is 0.0386. The first-order valence-corrected chi connectivity index (χ1v) is 9.40. The molecule has 2 amide bonds. The van der Waals surface area contributed by atoms with E-state index in [4.69, 9.17) is 4.74 Å². The molecule has 1 aliphatic heterocycles. The van der Waals surface area contributed by atoms with Gasteiger partial charge in [0.05, 0.1) is 24.1 Å². The number of nitrogens with zero attached hydrogens (tertiary/aromatic N) is 1.